The molecule has 1 saturated heterocycles. The largest absolute Gasteiger partial charge is 0.457 e. The third-order valence-electron chi connectivity index (χ3n) is 5.94. The number of rotatable bonds is 6. The number of hydrogen-bond acceptors (Lipinski definition) is 5. The molecule has 0 bridgehead atoms. The molecule has 2 atom stereocenters. The standard InChI is InChI=1S/C24H24N4O5S/c25-23(29)22-17-28(24(26)30,16-15-27(22)34(31,32)21-9-5-2-6-10-21)18-11-13-20(14-12-18)33-19-7-3-1-4-8-19/h1-14,22H,15-17H2,(H3-,25,26,29,30)/p+1. The van der Waals surface area contributed by atoms with Gasteiger partial charge in [-0.2, -0.15) is 4.31 Å². The van der Waals surface area contributed by atoms with Crippen molar-refractivity contribution in [3.63, 3.8) is 0 Å². The number of primary amides is 2. The number of para-hydroxylation sites is 1. The van der Waals surface area contributed by atoms with E-state index in [1.54, 1.807) is 42.5 Å². The molecule has 4 rings (SSSR count). The van der Waals surface area contributed by atoms with E-state index in [-0.39, 0.29) is 24.5 Å². The van der Waals surface area contributed by atoms with E-state index < -0.39 is 32.5 Å². The summed E-state index contributed by atoms with van der Waals surface area (Å²) in [5, 5.41) is 0. The minimum atomic E-state index is -4.01. The van der Waals surface area contributed by atoms with E-state index in [1.165, 1.54) is 12.1 Å². The van der Waals surface area contributed by atoms with Crippen molar-refractivity contribution in [1.82, 2.24) is 8.79 Å². The molecule has 34 heavy (non-hydrogen) atoms. The minimum absolute atomic E-state index is 0.0442. The maximum atomic E-state index is 13.2. The van der Waals surface area contributed by atoms with Crippen molar-refractivity contribution >= 4 is 27.6 Å². The monoisotopic (exact) mass is 481 g/mol. The van der Waals surface area contributed by atoms with E-state index in [0.29, 0.717) is 17.2 Å². The van der Waals surface area contributed by atoms with E-state index in [1.807, 2.05) is 30.3 Å². The lowest BCUT2D eigenvalue weighted by Gasteiger charge is -2.43. The molecule has 0 spiro atoms. The Kier molecular flexibility index (Phi) is 6.38. The van der Waals surface area contributed by atoms with Crippen LogP contribution in [0.25, 0.3) is 0 Å². The van der Waals surface area contributed by atoms with Crippen molar-refractivity contribution in [3.8, 4) is 11.5 Å². The number of amides is 3. The van der Waals surface area contributed by atoms with Gasteiger partial charge in [0, 0.05) is 12.1 Å². The molecular formula is C24H25N4O5S+. The molecule has 3 aromatic carbocycles. The van der Waals surface area contributed by atoms with Gasteiger partial charge in [-0.05, 0) is 36.4 Å². The maximum absolute atomic E-state index is 13.2. The Bertz CT molecular complexity index is 1280. The van der Waals surface area contributed by atoms with Crippen LogP contribution in [0.1, 0.15) is 0 Å². The molecule has 0 radical (unpaired) electrons. The summed E-state index contributed by atoms with van der Waals surface area (Å²) in [6.07, 6.45) is 0. The zero-order valence-corrected chi connectivity index (χ0v) is 19.1. The predicted octanol–water partition coefficient (Wildman–Crippen LogP) is 2.42. The van der Waals surface area contributed by atoms with Gasteiger partial charge in [0.15, 0.2) is 6.04 Å². The number of urea groups is 1. The van der Waals surface area contributed by atoms with Gasteiger partial charge < -0.3 is 16.2 Å². The smallest absolute Gasteiger partial charge is 0.419 e. The van der Waals surface area contributed by atoms with Crippen LogP contribution in [0, 0.1) is 0 Å². The van der Waals surface area contributed by atoms with Crippen LogP contribution in [-0.4, -0.2) is 50.3 Å². The lowest BCUT2D eigenvalue weighted by Crippen LogP contribution is -2.71. The third kappa shape index (κ3) is 4.38. The molecule has 1 aliphatic heterocycles. The van der Waals surface area contributed by atoms with E-state index in [2.05, 4.69) is 0 Å². The number of hydrogen-bond donors (Lipinski definition) is 2. The molecule has 1 heterocycles. The molecule has 176 valence electrons. The summed E-state index contributed by atoms with van der Waals surface area (Å²) in [5.41, 5.74) is 11.9. The summed E-state index contributed by atoms with van der Waals surface area (Å²) in [6, 6.07) is 21.8. The van der Waals surface area contributed by atoms with Crippen LogP contribution in [0.15, 0.2) is 89.8 Å². The fraction of sp³-hybridized carbons (Fsp3) is 0.167. The summed E-state index contributed by atoms with van der Waals surface area (Å²) >= 11 is 0. The number of carbonyl (C=O) groups is 2. The molecule has 2 unspecified atom stereocenters. The van der Waals surface area contributed by atoms with Crippen molar-refractivity contribution < 1.29 is 22.7 Å². The Labute approximate surface area is 197 Å². The number of nitrogens with two attached hydrogens (primary N) is 2. The first-order valence-electron chi connectivity index (χ1n) is 10.6. The number of nitrogens with zero attached hydrogens (tertiary/aromatic N) is 2. The van der Waals surface area contributed by atoms with Gasteiger partial charge in [0.25, 0.3) is 0 Å². The van der Waals surface area contributed by atoms with Gasteiger partial charge in [0.2, 0.25) is 15.9 Å². The average molecular weight is 482 g/mol. The Morgan fingerprint density at radius 3 is 1.97 bits per heavy atom. The zero-order chi connectivity index (χ0) is 24.3. The number of benzene rings is 3. The Morgan fingerprint density at radius 2 is 1.41 bits per heavy atom. The van der Waals surface area contributed by atoms with Crippen molar-refractivity contribution in [3.05, 3.63) is 84.9 Å². The summed E-state index contributed by atoms with van der Waals surface area (Å²) in [6.45, 7) is -0.282. The molecule has 1 aliphatic rings. The molecule has 1 fully saturated rings. The highest BCUT2D eigenvalue weighted by Crippen LogP contribution is 2.33. The fourth-order valence-electron chi connectivity index (χ4n) is 4.14. The number of piperazine rings is 1. The van der Waals surface area contributed by atoms with E-state index in [9.17, 15) is 18.0 Å². The van der Waals surface area contributed by atoms with Crippen LogP contribution >= 0.6 is 0 Å². The number of sulfonamides is 1. The van der Waals surface area contributed by atoms with Crippen LogP contribution in [0.3, 0.4) is 0 Å². The van der Waals surface area contributed by atoms with Crippen molar-refractivity contribution in [2.75, 3.05) is 19.6 Å². The highest BCUT2D eigenvalue weighted by molar-refractivity contribution is 7.89. The molecular weight excluding hydrogens is 456 g/mol. The second-order valence-corrected chi connectivity index (χ2v) is 9.86. The lowest BCUT2D eigenvalue weighted by atomic mass is 10.1. The molecule has 9 nitrogen and oxygen atoms in total. The normalized spacial score (nSPS) is 21.0. The van der Waals surface area contributed by atoms with E-state index >= 15 is 0 Å². The summed E-state index contributed by atoms with van der Waals surface area (Å²) in [5.74, 6) is 0.351. The highest BCUT2D eigenvalue weighted by Gasteiger charge is 2.51. The second kappa shape index (κ2) is 9.26. The quantitative estimate of drug-likeness (QED) is 0.522. The van der Waals surface area contributed by atoms with Gasteiger partial charge in [-0.1, -0.05) is 36.4 Å². The summed E-state index contributed by atoms with van der Waals surface area (Å²) < 4.78 is 32.9. The van der Waals surface area contributed by atoms with Gasteiger partial charge in [0.05, 0.1) is 11.4 Å². The highest BCUT2D eigenvalue weighted by atomic mass is 32.2. The van der Waals surface area contributed by atoms with Gasteiger partial charge >= 0.3 is 6.03 Å². The zero-order valence-electron chi connectivity index (χ0n) is 18.3. The van der Waals surface area contributed by atoms with Gasteiger partial charge in [-0.3, -0.25) is 4.79 Å². The number of quaternary nitrogens is 1. The fourth-order valence-corrected chi connectivity index (χ4v) is 5.74. The molecule has 4 N–H and O–H groups in total. The van der Waals surface area contributed by atoms with Crippen LogP contribution in [0.4, 0.5) is 10.5 Å². The Hall–Kier alpha value is -3.73. The van der Waals surface area contributed by atoms with Crippen molar-refractivity contribution in [2.45, 2.75) is 10.9 Å². The van der Waals surface area contributed by atoms with Gasteiger partial charge in [0.1, 0.15) is 30.3 Å². The molecule has 3 amide bonds. The van der Waals surface area contributed by atoms with Gasteiger partial charge in [-0.25, -0.2) is 17.7 Å². The average Bonchev–Trinajstić information content (AvgIpc) is 2.85. The van der Waals surface area contributed by atoms with Crippen molar-refractivity contribution in [2.24, 2.45) is 11.5 Å². The molecule has 10 heteroatoms. The van der Waals surface area contributed by atoms with Gasteiger partial charge in [-0.15, -0.1) is 0 Å². The third-order valence-corrected chi connectivity index (χ3v) is 7.87. The molecule has 0 aromatic heterocycles. The maximum Gasteiger partial charge on any atom is 0.419 e. The van der Waals surface area contributed by atoms with Crippen LogP contribution in [0.5, 0.6) is 11.5 Å². The SMILES string of the molecule is NC(=O)C1C[N+](C(N)=O)(c2ccc(Oc3ccccc3)cc2)CCN1S(=O)(=O)c1ccccc1. The first-order valence-corrected chi connectivity index (χ1v) is 12.0. The van der Waals surface area contributed by atoms with E-state index in [4.69, 9.17) is 16.2 Å². The van der Waals surface area contributed by atoms with E-state index in [0.717, 1.165) is 4.31 Å². The lowest BCUT2D eigenvalue weighted by molar-refractivity contribution is -0.122. The first kappa shape index (κ1) is 23.4. The minimum Gasteiger partial charge on any atom is -0.457 e. The summed E-state index contributed by atoms with van der Waals surface area (Å²) in [7, 11) is -4.01. The summed E-state index contributed by atoms with van der Waals surface area (Å²) in [4.78, 5) is 25.1. The van der Waals surface area contributed by atoms with Crippen LogP contribution < -0.4 is 20.7 Å². The van der Waals surface area contributed by atoms with Crippen LogP contribution in [-0.2, 0) is 14.8 Å². The molecule has 3 aromatic rings. The molecule has 0 saturated carbocycles. The predicted molar refractivity (Wildman–Crippen MR) is 127 cm³/mol. The second-order valence-electron chi connectivity index (χ2n) is 7.97. The Balaban J connectivity index is 1.64. The Morgan fingerprint density at radius 1 is 0.853 bits per heavy atom. The van der Waals surface area contributed by atoms with Crippen molar-refractivity contribution in [1.29, 1.82) is 0 Å². The van der Waals surface area contributed by atoms with Crippen LogP contribution in [0.2, 0.25) is 0 Å². The number of carbonyl (C=O) groups excluding carboxylic acids is 2. The first-order chi connectivity index (χ1) is 16.2. The number of ether oxygens (including phenoxy) is 1. The molecule has 0 aliphatic carbocycles. The topological polar surface area (TPSA) is 133 Å².